The molecule has 2 aromatic rings. The average Bonchev–Trinajstić information content (AvgIpc) is 2.36. The Kier molecular flexibility index (Phi) is 4.07. The number of nitrogens with one attached hydrogen (secondary N) is 1. The van der Waals surface area contributed by atoms with Crippen molar-refractivity contribution in [2.75, 3.05) is 9.74 Å². The third-order valence-electron chi connectivity index (χ3n) is 2.53. The van der Waals surface area contributed by atoms with E-state index in [0.717, 1.165) is 0 Å². The van der Waals surface area contributed by atoms with Crippen molar-refractivity contribution < 1.29 is 17.8 Å². The fourth-order valence-electron chi connectivity index (χ4n) is 1.80. The van der Waals surface area contributed by atoms with E-state index < -0.39 is 10.1 Å². The zero-order chi connectivity index (χ0) is 14.0. The fraction of sp³-hybridized carbons (Fsp3) is 0.0833. The summed E-state index contributed by atoms with van der Waals surface area (Å²) in [5.74, 6) is -0.333. The maximum absolute atomic E-state index is 11.5. The van der Waals surface area contributed by atoms with Gasteiger partial charge in [0.2, 0.25) is 5.91 Å². The number of hydrogen-bond acceptors (Lipinski definition) is 3. The van der Waals surface area contributed by atoms with Gasteiger partial charge in [0.15, 0.2) is 0 Å². The topological polar surface area (TPSA) is 83.5 Å². The van der Waals surface area contributed by atoms with Gasteiger partial charge in [0.05, 0.1) is 10.1 Å². The lowest BCUT2D eigenvalue weighted by atomic mass is 10.1. The SMILES string of the molecule is O=C(CI)Nc1ccc2ccccc2c1S(=O)(=O)O. The summed E-state index contributed by atoms with van der Waals surface area (Å²) >= 11 is 1.87. The number of amides is 1. The highest BCUT2D eigenvalue weighted by Gasteiger charge is 2.20. The zero-order valence-electron chi connectivity index (χ0n) is 9.63. The maximum atomic E-state index is 11.5. The zero-order valence-corrected chi connectivity index (χ0v) is 12.6. The standard InChI is InChI=1S/C12H10INO4S/c13-7-11(15)14-10-6-5-8-3-1-2-4-9(8)12(10)19(16,17)18/h1-6H,7H2,(H,14,15)(H,16,17,18). The van der Waals surface area contributed by atoms with Gasteiger partial charge >= 0.3 is 0 Å². The molecule has 0 aliphatic carbocycles. The van der Waals surface area contributed by atoms with E-state index in [4.69, 9.17) is 0 Å². The van der Waals surface area contributed by atoms with E-state index in [2.05, 4.69) is 5.32 Å². The fourth-order valence-corrected chi connectivity index (χ4v) is 2.85. The molecule has 0 aromatic heterocycles. The highest BCUT2D eigenvalue weighted by atomic mass is 127. The van der Waals surface area contributed by atoms with Gasteiger partial charge in [-0.05, 0) is 11.5 Å². The van der Waals surface area contributed by atoms with Gasteiger partial charge in [0.1, 0.15) is 4.90 Å². The molecule has 0 aliphatic rings. The second-order valence-electron chi connectivity index (χ2n) is 3.82. The molecule has 0 radical (unpaired) electrons. The quantitative estimate of drug-likeness (QED) is 0.479. The van der Waals surface area contributed by atoms with Gasteiger partial charge in [-0.2, -0.15) is 8.42 Å². The van der Waals surface area contributed by atoms with Crippen molar-refractivity contribution in [2.24, 2.45) is 0 Å². The molecule has 0 spiro atoms. The monoisotopic (exact) mass is 391 g/mol. The van der Waals surface area contributed by atoms with Crippen LogP contribution in [0, 0.1) is 0 Å². The van der Waals surface area contributed by atoms with Crippen LogP contribution < -0.4 is 5.32 Å². The van der Waals surface area contributed by atoms with Gasteiger partial charge in [-0.25, -0.2) is 0 Å². The molecule has 1 amide bonds. The minimum atomic E-state index is -4.43. The number of halogens is 1. The van der Waals surface area contributed by atoms with Crippen molar-refractivity contribution in [3.05, 3.63) is 36.4 Å². The van der Waals surface area contributed by atoms with Crippen LogP contribution in [0.25, 0.3) is 10.8 Å². The van der Waals surface area contributed by atoms with Gasteiger partial charge in [0.25, 0.3) is 10.1 Å². The number of benzene rings is 2. The predicted molar refractivity (Wildman–Crippen MR) is 81.3 cm³/mol. The van der Waals surface area contributed by atoms with Crippen molar-refractivity contribution in [1.29, 1.82) is 0 Å². The molecular formula is C12H10INO4S. The van der Waals surface area contributed by atoms with Crippen molar-refractivity contribution in [3.8, 4) is 0 Å². The lowest BCUT2D eigenvalue weighted by Gasteiger charge is -2.11. The molecule has 0 unspecified atom stereocenters. The summed E-state index contributed by atoms with van der Waals surface area (Å²) in [5.41, 5.74) is 0.0860. The molecule has 0 saturated carbocycles. The molecule has 0 atom stereocenters. The maximum Gasteiger partial charge on any atom is 0.297 e. The van der Waals surface area contributed by atoms with Crippen LogP contribution in [0.4, 0.5) is 5.69 Å². The van der Waals surface area contributed by atoms with Gasteiger partial charge in [-0.15, -0.1) is 0 Å². The summed E-state index contributed by atoms with van der Waals surface area (Å²) in [4.78, 5) is 11.1. The average molecular weight is 391 g/mol. The number of fused-ring (bicyclic) bond motifs is 1. The van der Waals surface area contributed by atoms with Crippen molar-refractivity contribution in [1.82, 2.24) is 0 Å². The molecule has 2 rings (SSSR count). The Morgan fingerprint density at radius 2 is 1.89 bits per heavy atom. The molecule has 0 saturated heterocycles. The summed E-state index contributed by atoms with van der Waals surface area (Å²) in [5, 5.41) is 3.51. The Bertz CT molecular complexity index is 742. The molecule has 100 valence electrons. The highest BCUT2D eigenvalue weighted by Crippen LogP contribution is 2.30. The van der Waals surface area contributed by atoms with Crippen LogP contribution in [0.1, 0.15) is 0 Å². The Hall–Kier alpha value is -1.19. The first-order valence-corrected chi connectivity index (χ1v) is 8.25. The lowest BCUT2D eigenvalue weighted by molar-refractivity contribution is -0.113. The van der Waals surface area contributed by atoms with E-state index in [0.29, 0.717) is 10.8 Å². The number of carbonyl (C=O) groups excluding carboxylic acids is 1. The second-order valence-corrected chi connectivity index (χ2v) is 5.94. The molecule has 0 heterocycles. The minimum absolute atomic E-state index is 0.0860. The molecule has 7 heteroatoms. The Morgan fingerprint density at radius 1 is 1.21 bits per heavy atom. The number of hydrogen-bond donors (Lipinski definition) is 2. The largest absolute Gasteiger partial charge is 0.324 e. The normalized spacial score (nSPS) is 11.5. The van der Waals surface area contributed by atoms with Gasteiger partial charge in [-0.3, -0.25) is 9.35 Å². The van der Waals surface area contributed by atoms with E-state index >= 15 is 0 Å². The van der Waals surface area contributed by atoms with Crippen molar-refractivity contribution in [2.45, 2.75) is 4.90 Å². The van der Waals surface area contributed by atoms with Crippen LogP contribution >= 0.6 is 22.6 Å². The third-order valence-corrected chi connectivity index (χ3v) is 4.18. The summed E-state index contributed by atoms with van der Waals surface area (Å²) in [6.07, 6.45) is 0. The van der Waals surface area contributed by atoms with Crippen LogP contribution in [0.3, 0.4) is 0 Å². The Morgan fingerprint density at radius 3 is 2.53 bits per heavy atom. The molecule has 0 aliphatic heterocycles. The summed E-state index contributed by atoms with van der Waals surface area (Å²) in [7, 11) is -4.43. The first-order valence-electron chi connectivity index (χ1n) is 5.28. The summed E-state index contributed by atoms with van der Waals surface area (Å²) in [6, 6.07) is 9.90. The predicted octanol–water partition coefficient (Wildman–Crippen LogP) is 2.46. The van der Waals surface area contributed by atoms with Gasteiger partial charge < -0.3 is 5.32 Å². The van der Waals surface area contributed by atoms with Crippen LogP contribution in [0.2, 0.25) is 0 Å². The molecule has 2 aromatic carbocycles. The van der Waals surface area contributed by atoms with Crippen LogP contribution in [0.15, 0.2) is 41.3 Å². The van der Waals surface area contributed by atoms with Crippen LogP contribution in [-0.4, -0.2) is 23.3 Å². The Labute approximate surface area is 123 Å². The minimum Gasteiger partial charge on any atom is -0.324 e. The lowest BCUT2D eigenvalue weighted by Crippen LogP contribution is -2.15. The number of anilines is 1. The van der Waals surface area contributed by atoms with Crippen molar-refractivity contribution >= 4 is 55.1 Å². The van der Waals surface area contributed by atoms with Crippen LogP contribution in [-0.2, 0) is 14.9 Å². The smallest absolute Gasteiger partial charge is 0.297 e. The Balaban J connectivity index is 2.74. The first-order chi connectivity index (χ1) is 8.93. The van der Waals surface area contributed by atoms with E-state index in [1.807, 2.05) is 22.6 Å². The first kappa shape index (κ1) is 14.2. The van der Waals surface area contributed by atoms with Gasteiger partial charge in [-0.1, -0.05) is 52.9 Å². The molecule has 2 N–H and O–H groups in total. The van der Waals surface area contributed by atoms with Crippen LogP contribution in [0.5, 0.6) is 0 Å². The van der Waals surface area contributed by atoms with E-state index in [9.17, 15) is 17.8 Å². The third kappa shape index (κ3) is 3.04. The molecule has 19 heavy (non-hydrogen) atoms. The van der Waals surface area contributed by atoms with E-state index in [-0.39, 0.29) is 20.9 Å². The highest BCUT2D eigenvalue weighted by molar-refractivity contribution is 14.1. The number of alkyl halides is 1. The number of carbonyl (C=O) groups is 1. The van der Waals surface area contributed by atoms with E-state index in [1.54, 1.807) is 30.3 Å². The molecule has 0 fully saturated rings. The van der Waals surface area contributed by atoms with Gasteiger partial charge in [0, 0.05) is 5.39 Å². The molecule has 0 bridgehead atoms. The number of rotatable bonds is 3. The summed E-state index contributed by atoms with van der Waals surface area (Å²) in [6.45, 7) is 0. The summed E-state index contributed by atoms with van der Waals surface area (Å²) < 4.78 is 32.6. The molecular weight excluding hydrogens is 381 g/mol. The second kappa shape index (κ2) is 5.43. The van der Waals surface area contributed by atoms with Crippen molar-refractivity contribution in [3.63, 3.8) is 0 Å². The van der Waals surface area contributed by atoms with E-state index in [1.165, 1.54) is 6.07 Å². The molecule has 5 nitrogen and oxygen atoms in total.